The maximum atomic E-state index is 13.2. The monoisotopic (exact) mass is 386 g/mol. The highest BCUT2D eigenvalue weighted by molar-refractivity contribution is 5.98. The van der Waals surface area contributed by atoms with Crippen LogP contribution in [0.1, 0.15) is 46.0 Å². The first-order chi connectivity index (χ1) is 13.4. The number of ether oxygens (including phenoxy) is 2. The van der Waals surface area contributed by atoms with E-state index in [0.717, 1.165) is 37.8 Å². The first kappa shape index (κ1) is 18.3. The fraction of sp³-hybridized carbons (Fsp3) is 0.682. The van der Waals surface area contributed by atoms with E-state index in [9.17, 15) is 9.90 Å². The van der Waals surface area contributed by atoms with Gasteiger partial charge in [-0.15, -0.1) is 0 Å². The van der Waals surface area contributed by atoms with Gasteiger partial charge in [-0.3, -0.25) is 9.80 Å². The van der Waals surface area contributed by atoms with E-state index >= 15 is 0 Å². The topological polar surface area (TPSA) is 62.2 Å². The lowest BCUT2D eigenvalue weighted by Gasteiger charge is -2.60. The highest BCUT2D eigenvalue weighted by Gasteiger charge is 2.64. The third-order valence-electron chi connectivity index (χ3n) is 7.64. The molecule has 1 amide bonds. The molecule has 1 aromatic rings. The van der Waals surface area contributed by atoms with Gasteiger partial charge in [0.15, 0.2) is 6.79 Å². The second-order valence-electron chi connectivity index (χ2n) is 9.56. The van der Waals surface area contributed by atoms with Crippen LogP contribution in [0.15, 0.2) is 24.3 Å². The van der Waals surface area contributed by atoms with Crippen LogP contribution in [0.4, 0.5) is 5.69 Å². The molecule has 6 nitrogen and oxygen atoms in total. The molecule has 1 saturated heterocycles. The van der Waals surface area contributed by atoms with Gasteiger partial charge in [0.05, 0.1) is 11.6 Å². The molecule has 0 aromatic heterocycles. The Kier molecular flexibility index (Phi) is 3.98. The van der Waals surface area contributed by atoms with E-state index in [2.05, 4.69) is 5.01 Å². The number of aliphatic hydroxyl groups is 1. The van der Waals surface area contributed by atoms with Gasteiger partial charge in [-0.25, -0.2) is 5.01 Å². The van der Waals surface area contributed by atoms with E-state index in [0.29, 0.717) is 23.5 Å². The number of carbonyl (C=O) groups is 1. The zero-order valence-electron chi connectivity index (χ0n) is 16.9. The van der Waals surface area contributed by atoms with Gasteiger partial charge < -0.3 is 14.6 Å². The number of benzene rings is 1. The van der Waals surface area contributed by atoms with Crippen LogP contribution in [0, 0.1) is 17.8 Å². The van der Waals surface area contributed by atoms with Crippen molar-refractivity contribution in [3.63, 3.8) is 0 Å². The fourth-order valence-electron chi connectivity index (χ4n) is 6.35. The number of methoxy groups -OCH3 is 1. The number of para-hydroxylation sites is 2. The molecule has 5 atom stereocenters. The molecule has 1 heterocycles. The number of hydrogen-bond donors (Lipinski definition) is 1. The maximum Gasteiger partial charge on any atom is 0.268 e. The molecule has 4 aliphatic rings. The van der Waals surface area contributed by atoms with Gasteiger partial charge in [0.1, 0.15) is 17.0 Å². The molecule has 1 N–H and O–H groups in total. The van der Waals surface area contributed by atoms with Crippen LogP contribution in [0.2, 0.25) is 0 Å². The van der Waals surface area contributed by atoms with Crippen LogP contribution in [0.25, 0.3) is 0 Å². The molecule has 152 valence electrons. The highest BCUT2D eigenvalue weighted by atomic mass is 16.7. The molecule has 28 heavy (non-hydrogen) atoms. The number of hydrogen-bond acceptors (Lipinski definition) is 5. The van der Waals surface area contributed by atoms with Crippen molar-refractivity contribution >= 4 is 11.6 Å². The molecule has 5 rings (SSSR count). The summed E-state index contributed by atoms with van der Waals surface area (Å²) in [5.41, 5.74) is -0.190. The van der Waals surface area contributed by atoms with E-state index in [1.165, 1.54) is 0 Å². The molecule has 0 radical (unpaired) electrons. The third kappa shape index (κ3) is 2.37. The lowest BCUT2D eigenvalue weighted by atomic mass is 9.61. The van der Waals surface area contributed by atoms with E-state index in [-0.39, 0.29) is 18.7 Å². The number of amides is 1. The van der Waals surface area contributed by atoms with Crippen molar-refractivity contribution in [2.45, 2.75) is 63.1 Å². The normalized spacial score (nSPS) is 37.9. The second-order valence-corrected chi connectivity index (χ2v) is 9.56. The fourth-order valence-corrected chi connectivity index (χ4v) is 6.35. The van der Waals surface area contributed by atoms with Crippen LogP contribution < -0.4 is 9.75 Å². The number of anilines is 1. The standard InChI is InChI=1S/C22H30N2O4/c1-21(2)20(25)23(24(21)18-6-4-5-7-19(18)28-13-27-3)17-9-8-14-11-22(26)12-15(17)10-16(14)22/h4-7,14-17,26H,8-13H2,1-3H3/t14?,15?,16?,17-,22+/m0/s1. The molecule has 3 unspecified atom stereocenters. The minimum atomic E-state index is -0.614. The van der Waals surface area contributed by atoms with Gasteiger partial charge in [-0.05, 0) is 75.8 Å². The van der Waals surface area contributed by atoms with Crippen molar-refractivity contribution in [1.29, 1.82) is 0 Å². The summed E-state index contributed by atoms with van der Waals surface area (Å²) in [4.78, 5) is 13.2. The smallest absolute Gasteiger partial charge is 0.268 e. The molecular weight excluding hydrogens is 356 g/mol. The van der Waals surface area contributed by atoms with Gasteiger partial charge in [0.25, 0.3) is 5.91 Å². The zero-order valence-corrected chi connectivity index (χ0v) is 16.9. The molecule has 3 saturated carbocycles. The first-order valence-corrected chi connectivity index (χ1v) is 10.4. The van der Waals surface area contributed by atoms with Crippen molar-refractivity contribution in [1.82, 2.24) is 5.01 Å². The van der Waals surface area contributed by atoms with Crippen LogP contribution in [0.3, 0.4) is 0 Å². The number of carbonyl (C=O) groups excluding carboxylic acids is 1. The summed E-state index contributed by atoms with van der Waals surface area (Å²) >= 11 is 0. The Morgan fingerprint density at radius 1 is 1.18 bits per heavy atom. The lowest BCUT2D eigenvalue weighted by Crippen LogP contribution is -2.78. The molecule has 1 aromatic carbocycles. The minimum Gasteiger partial charge on any atom is -0.465 e. The van der Waals surface area contributed by atoms with Crippen molar-refractivity contribution in [3.8, 4) is 5.75 Å². The Hall–Kier alpha value is -1.79. The first-order valence-electron chi connectivity index (χ1n) is 10.4. The van der Waals surface area contributed by atoms with Gasteiger partial charge in [0, 0.05) is 7.11 Å². The third-order valence-corrected chi connectivity index (χ3v) is 7.64. The van der Waals surface area contributed by atoms with Gasteiger partial charge in [0.2, 0.25) is 0 Å². The Morgan fingerprint density at radius 3 is 2.71 bits per heavy atom. The Bertz CT molecular complexity index is 796. The molecule has 6 heteroatoms. The molecular formula is C22H30N2O4. The predicted octanol–water partition coefficient (Wildman–Crippen LogP) is 2.95. The minimum absolute atomic E-state index is 0.151. The molecule has 3 aliphatic carbocycles. The van der Waals surface area contributed by atoms with E-state index in [1.54, 1.807) is 7.11 Å². The van der Waals surface area contributed by atoms with Gasteiger partial charge in [-0.2, -0.15) is 0 Å². The van der Waals surface area contributed by atoms with E-state index < -0.39 is 11.1 Å². The van der Waals surface area contributed by atoms with Crippen LogP contribution in [0.5, 0.6) is 5.75 Å². The molecule has 4 fully saturated rings. The Morgan fingerprint density at radius 2 is 1.93 bits per heavy atom. The highest BCUT2D eigenvalue weighted by Crippen LogP contribution is 2.62. The van der Waals surface area contributed by atoms with Gasteiger partial charge in [-0.1, -0.05) is 12.1 Å². The Balaban J connectivity index is 1.47. The summed E-state index contributed by atoms with van der Waals surface area (Å²) in [6.07, 6.45) is 4.96. The number of rotatable bonds is 5. The SMILES string of the molecule is COCOc1ccccc1N1N([C@H]2CCC3C[C@@]4(O)CC2CC34)C(=O)C1(C)C. The average molecular weight is 386 g/mol. The number of nitrogens with zero attached hydrogens (tertiary/aromatic N) is 2. The molecule has 0 spiro atoms. The zero-order chi connectivity index (χ0) is 19.7. The quantitative estimate of drug-likeness (QED) is 0.789. The summed E-state index contributed by atoms with van der Waals surface area (Å²) in [5, 5.41) is 15.0. The van der Waals surface area contributed by atoms with E-state index in [4.69, 9.17) is 9.47 Å². The summed E-state index contributed by atoms with van der Waals surface area (Å²) in [7, 11) is 1.60. The summed E-state index contributed by atoms with van der Waals surface area (Å²) in [6.45, 7) is 4.11. The molecule has 2 bridgehead atoms. The van der Waals surface area contributed by atoms with Crippen molar-refractivity contribution in [2.24, 2.45) is 17.8 Å². The molecule has 1 aliphatic heterocycles. The number of hydrazine groups is 1. The van der Waals surface area contributed by atoms with Crippen LogP contribution >= 0.6 is 0 Å². The number of fused-ring (bicyclic) bond motifs is 1. The lowest BCUT2D eigenvalue weighted by molar-refractivity contribution is -0.160. The van der Waals surface area contributed by atoms with Crippen molar-refractivity contribution in [3.05, 3.63) is 24.3 Å². The van der Waals surface area contributed by atoms with Crippen molar-refractivity contribution in [2.75, 3.05) is 18.9 Å². The second kappa shape index (κ2) is 6.10. The van der Waals surface area contributed by atoms with E-state index in [1.807, 2.05) is 43.1 Å². The van der Waals surface area contributed by atoms with Gasteiger partial charge >= 0.3 is 0 Å². The van der Waals surface area contributed by atoms with Crippen LogP contribution in [-0.2, 0) is 9.53 Å². The predicted molar refractivity (Wildman–Crippen MR) is 105 cm³/mol. The largest absolute Gasteiger partial charge is 0.465 e. The maximum absolute atomic E-state index is 13.2. The van der Waals surface area contributed by atoms with Crippen molar-refractivity contribution < 1.29 is 19.4 Å². The van der Waals surface area contributed by atoms with Crippen LogP contribution in [-0.4, -0.2) is 47.1 Å². The summed E-state index contributed by atoms with van der Waals surface area (Å²) in [5.74, 6) is 2.32. The summed E-state index contributed by atoms with van der Waals surface area (Å²) in [6, 6.07) is 7.98. The average Bonchev–Trinajstić information content (AvgIpc) is 2.83. The Labute approximate surface area is 166 Å². The summed E-state index contributed by atoms with van der Waals surface area (Å²) < 4.78 is 10.9.